The Bertz CT molecular complexity index is 517. The summed E-state index contributed by atoms with van der Waals surface area (Å²) in [6.07, 6.45) is 1.67. The number of rotatable bonds is 2. The lowest BCUT2D eigenvalue weighted by Gasteiger charge is -2.02. The van der Waals surface area contributed by atoms with Crippen molar-refractivity contribution in [3.05, 3.63) is 36.2 Å². The van der Waals surface area contributed by atoms with Crippen molar-refractivity contribution in [2.45, 2.75) is 13.8 Å². The van der Waals surface area contributed by atoms with E-state index in [9.17, 15) is 4.79 Å². The van der Waals surface area contributed by atoms with Gasteiger partial charge in [0.15, 0.2) is 0 Å². The Morgan fingerprint density at radius 1 is 1.44 bits per heavy atom. The van der Waals surface area contributed by atoms with Gasteiger partial charge in [-0.25, -0.2) is 4.98 Å². The number of anilines is 1. The topological polar surface area (TPSA) is 55.1 Å². The highest BCUT2D eigenvalue weighted by atomic mass is 16.4. The first kappa shape index (κ1) is 10.4. The van der Waals surface area contributed by atoms with Gasteiger partial charge in [-0.1, -0.05) is 6.07 Å². The second kappa shape index (κ2) is 4.18. The van der Waals surface area contributed by atoms with Crippen molar-refractivity contribution in [2.24, 2.45) is 0 Å². The molecular weight excluding hydrogens is 204 g/mol. The van der Waals surface area contributed by atoms with Crippen LogP contribution in [0.4, 0.5) is 5.69 Å². The fraction of sp³-hybridized carbons (Fsp3) is 0.167. The molecule has 0 unspecified atom stereocenters. The van der Waals surface area contributed by atoms with Gasteiger partial charge in [0, 0.05) is 18.2 Å². The van der Waals surface area contributed by atoms with E-state index in [1.54, 1.807) is 6.20 Å². The number of carbonyl (C=O) groups is 1. The Morgan fingerprint density at radius 3 is 2.88 bits per heavy atom. The first-order valence-electron chi connectivity index (χ1n) is 4.95. The zero-order chi connectivity index (χ0) is 11.5. The van der Waals surface area contributed by atoms with E-state index in [1.807, 2.05) is 31.2 Å². The summed E-state index contributed by atoms with van der Waals surface area (Å²) in [5.74, 6) is 1.23. The number of nitrogens with one attached hydrogen (secondary N) is 1. The molecule has 0 radical (unpaired) electrons. The zero-order valence-corrected chi connectivity index (χ0v) is 9.15. The van der Waals surface area contributed by atoms with Crippen LogP contribution in [0.2, 0.25) is 0 Å². The molecule has 82 valence electrons. The molecule has 4 nitrogen and oxygen atoms in total. The van der Waals surface area contributed by atoms with Crippen molar-refractivity contribution in [1.29, 1.82) is 0 Å². The zero-order valence-electron chi connectivity index (χ0n) is 9.15. The predicted molar refractivity (Wildman–Crippen MR) is 61.0 cm³/mol. The fourth-order valence-electron chi connectivity index (χ4n) is 1.42. The second-order valence-corrected chi connectivity index (χ2v) is 3.54. The number of aromatic nitrogens is 1. The molecule has 2 rings (SSSR count). The number of benzene rings is 1. The molecule has 2 aromatic rings. The molecule has 1 aromatic heterocycles. The average molecular weight is 216 g/mol. The molecule has 0 bridgehead atoms. The van der Waals surface area contributed by atoms with E-state index in [4.69, 9.17) is 4.42 Å². The Hall–Kier alpha value is -2.10. The van der Waals surface area contributed by atoms with Gasteiger partial charge in [0.05, 0.1) is 6.20 Å². The smallest absolute Gasteiger partial charge is 0.226 e. The molecule has 0 saturated heterocycles. The van der Waals surface area contributed by atoms with E-state index in [2.05, 4.69) is 10.3 Å². The van der Waals surface area contributed by atoms with Crippen LogP contribution < -0.4 is 5.32 Å². The predicted octanol–water partition coefficient (Wildman–Crippen LogP) is 2.61. The van der Waals surface area contributed by atoms with Crippen LogP contribution in [0.1, 0.15) is 12.7 Å². The maximum absolute atomic E-state index is 10.9. The molecular formula is C12H12N2O2. The molecule has 0 spiro atoms. The molecule has 0 atom stereocenters. The summed E-state index contributed by atoms with van der Waals surface area (Å²) in [6.45, 7) is 3.32. The molecule has 0 aliphatic rings. The van der Waals surface area contributed by atoms with Crippen LogP contribution in [-0.2, 0) is 4.79 Å². The van der Waals surface area contributed by atoms with E-state index in [0.717, 1.165) is 17.0 Å². The standard InChI is InChI=1S/C12H12N2O2/c1-8-7-13-12(16-8)10-4-3-5-11(6-10)14-9(2)15/h3-7H,1-2H3,(H,14,15). The van der Waals surface area contributed by atoms with Gasteiger partial charge in [0.1, 0.15) is 5.76 Å². The summed E-state index contributed by atoms with van der Waals surface area (Å²) in [4.78, 5) is 15.0. The van der Waals surface area contributed by atoms with E-state index >= 15 is 0 Å². The quantitative estimate of drug-likeness (QED) is 0.839. The Balaban J connectivity index is 2.32. The highest BCUT2D eigenvalue weighted by molar-refractivity contribution is 5.89. The van der Waals surface area contributed by atoms with Gasteiger partial charge in [-0.15, -0.1) is 0 Å². The minimum atomic E-state index is -0.0965. The summed E-state index contributed by atoms with van der Waals surface area (Å²) < 4.78 is 5.41. The maximum Gasteiger partial charge on any atom is 0.226 e. The fourth-order valence-corrected chi connectivity index (χ4v) is 1.42. The Kier molecular flexibility index (Phi) is 2.72. The Labute approximate surface area is 93.3 Å². The number of oxazole rings is 1. The summed E-state index contributed by atoms with van der Waals surface area (Å²) in [5, 5.41) is 2.71. The van der Waals surface area contributed by atoms with Gasteiger partial charge in [-0.3, -0.25) is 4.79 Å². The molecule has 16 heavy (non-hydrogen) atoms. The van der Waals surface area contributed by atoms with Gasteiger partial charge in [-0.2, -0.15) is 0 Å². The van der Waals surface area contributed by atoms with Crippen LogP contribution >= 0.6 is 0 Å². The van der Waals surface area contributed by atoms with Crippen LogP contribution in [0.3, 0.4) is 0 Å². The molecule has 1 aromatic carbocycles. The third kappa shape index (κ3) is 2.28. The molecule has 0 aliphatic carbocycles. The lowest BCUT2D eigenvalue weighted by molar-refractivity contribution is -0.114. The lowest BCUT2D eigenvalue weighted by Crippen LogP contribution is -2.05. The summed E-state index contributed by atoms with van der Waals surface area (Å²) in [7, 11) is 0. The van der Waals surface area contributed by atoms with Crippen molar-refractivity contribution in [2.75, 3.05) is 5.32 Å². The van der Waals surface area contributed by atoms with Crippen molar-refractivity contribution >= 4 is 11.6 Å². The third-order valence-corrected chi connectivity index (χ3v) is 2.05. The monoisotopic (exact) mass is 216 g/mol. The molecule has 0 saturated carbocycles. The number of nitrogens with zero attached hydrogens (tertiary/aromatic N) is 1. The van der Waals surface area contributed by atoms with E-state index in [0.29, 0.717) is 5.89 Å². The van der Waals surface area contributed by atoms with Crippen LogP contribution in [0, 0.1) is 6.92 Å². The molecule has 4 heteroatoms. The highest BCUT2D eigenvalue weighted by Crippen LogP contribution is 2.22. The average Bonchev–Trinajstić information content (AvgIpc) is 2.64. The van der Waals surface area contributed by atoms with E-state index in [-0.39, 0.29) is 5.91 Å². The van der Waals surface area contributed by atoms with Crippen molar-refractivity contribution in [3.63, 3.8) is 0 Å². The third-order valence-electron chi connectivity index (χ3n) is 2.05. The van der Waals surface area contributed by atoms with Gasteiger partial charge < -0.3 is 9.73 Å². The molecule has 1 amide bonds. The van der Waals surface area contributed by atoms with Crippen molar-refractivity contribution < 1.29 is 9.21 Å². The molecule has 1 heterocycles. The number of hydrogen-bond acceptors (Lipinski definition) is 3. The number of hydrogen-bond donors (Lipinski definition) is 1. The Morgan fingerprint density at radius 2 is 2.25 bits per heavy atom. The normalized spacial score (nSPS) is 10.1. The lowest BCUT2D eigenvalue weighted by atomic mass is 10.2. The summed E-state index contributed by atoms with van der Waals surface area (Å²) >= 11 is 0. The van der Waals surface area contributed by atoms with Crippen LogP contribution in [0.25, 0.3) is 11.5 Å². The molecule has 0 fully saturated rings. The van der Waals surface area contributed by atoms with Crippen LogP contribution in [-0.4, -0.2) is 10.9 Å². The number of carbonyl (C=O) groups excluding carboxylic acids is 1. The van der Waals surface area contributed by atoms with Gasteiger partial charge in [0.2, 0.25) is 11.8 Å². The molecule has 1 N–H and O–H groups in total. The van der Waals surface area contributed by atoms with E-state index < -0.39 is 0 Å². The summed E-state index contributed by atoms with van der Waals surface area (Å²) in [6, 6.07) is 7.38. The minimum Gasteiger partial charge on any atom is -0.441 e. The first-order chi connectivity index (χ1) is 7.65. The van der Waals surface area contributed by atoms with Crippen molar-refractivity contribution in [3.8, 4) is 11.5 Å². The van der Waals surface area contributed by atoms with Crippen LogP contribution in [0.5, 0.6) is 0 Å². The SMILES string of the molecule is CC(=O)Nc1cccc(-c2ncc(C)o2)c1. The van der Waals surface area contributed by atoms with Gasteiger partial charge in [-0.05, 0) is 25.1 Å². The number of aryl methyl sites for hydroxylation is 1. The summed E-state index contributed by atoms with van der Waals surface area (Å²) in [5.41, 5.74) is 1.58. The van der Waals surface area contributed by atoms with Crippen LogP contribution in [0.15, 0.2) is 34.9 Å². The van der Waals surface area contributed by atoms with E-state index in [1.165, 1.54) is 6.92 Å². The second-order valence-electron chi connectivity index (χ2n) is 3.54. The molecule has 0 aliphatic heterocycles. The maximum atomic E-state index is 10.9. The van der Waals surface area contributed by atoms with Crippen molar-refractivity contribution in [1.82, 2.24) is 4.98 Å². The highest BCUT2D eigenvalue weighted by Gasteiger charge is 2.05. The largest absolute Gasteiger partial charge is 0.441 e. The van der Waals surface area contributed by atoms with Gasteiger partial charge in [0.25, 0.3) is 0 Å². The number of amides is 1. The van der Waals surface area contributed by atoms with Gasteiger partial charge >= 0.3 is 0 Å². The first-order valence-corrected chi connectivity index (χ1v) is 4.95. The minimum absolute atomic E-state index is 0.0965.